The first kappa shape index (κ1) is 13.8. The van der Waals surface area contributed by atoms with Crippen molar-refractivity contribution in [2.75, 3.05) is 0 Å². The van der Waals surface area contributed by atoms with Crippen LogP contribution < -0.4 is 10.9 Å². The molecule has 0 saturated heterocycles. The Balaban J connectivity index is 2.11. The van der Waals surface area contributed by atoms with Crippen LogP contribution >= 0.6 is 11.3 Å². The second-order valence-corrected chi connectivity index (χ2v) is 6.22. The van der Waals surface area contributed by atoms with Gasteiger partial charge in [0.15, 0.2) is 0 Å². The SMILES string of the molecule is Cc1nn(CC(=O)NC(C)C)c(=O)c2cc3sccc3n12. The molecule has 1 N–H and O–H groups in total. The van der Waals surface area contributed by atoms with Crippen LogP contribution in [0.15, 0.2) is 22.3 Å². The first-order valence-electron chi connectivity index (χ1n) is 6.73. The van der Waals surface area contributed by atoms with Crippen LogP contribution in [0.2, 0.25) is 0 Å². The zero-order chi connectivity index (χ0) is 15.1. The lowest BCUT2D eigenvalue weighted by Crippen LogP contribution is -2.37. The Hall–Kier alpha value is -2.15. The van der Waals surface area contributed by atoms with E-state index in [1.807, 2.05) is 42.7 Å². The number of hydrogen-bond acceptors (Lipinski definition) is 4. The average molecular weight is 304 g/mol. The van der Waals surface area contributed by atoms with Crippen molar-refractivity contribution in [3.63, 3.8) is 0 Å². The summed E-state index contributed by atoms with van der Waals surface area (Å²) in [4.78, 5) is 24.3. The van der Waals surface area contributed by atoms with Crippen LogP contribution in [0.5, 0.6) is 0 Å². The van der Waals surface area contributed by atoms with E-state index in [4.69, 9.17) is 0 Å². The van der Waals surface area contributed by atoms with Crippen molar-refractivity contribution in [3.05, 3.63) is 33.7 Å². The van der Waals surface area contributed by atoms with Gasteiger partial charge in [-0.25, -0.2) is 4.68 Å². The lowest BCUT2D eigenvalue weighted by molar-refractivity contribution is -0.122. The number of thiophene rings is 1. The normalized spacial score (nSPS) is 11.6. The summed E-state index contributed by atoms with van der Waals surface area (Å²) < 4.78 is 4.11. The quantitative estimate of drug-likeness (QED) is 0.798. The van der Waals surface area contributed by atoms with Gasteiger partial charge in [0.2, 0.25) is 5.91 Å². The summed E-state index contributed by atoms with van der Waals surface area (Å²) in [6, 6.07) is 3.86. The number of hydrogen-bond donors (Lipinski definition) is 1. The number of aromatic nitrogens is 3. The zero-order valence-corrected chi connectivity index (χ0v) is 12.9. The standard InChI is InChI=1S/C14H16N4O2S/c1-8(2)15-13(19)7-17-14(20)11-6-12-10(4-5-21-12)18(11)9(3)16-17/h4-6,8H,7H2,1-3H3,(H,15,19). The number of nitrogens with one attached hydrogen (secondary N) is 1. The zero-order valence-electron chi connectivity index (χ0n) is 12.1. The molecule has 3 aromatic heterocycles. The van der Waals surface area contributed by atoms with E-state index in [0.29, 0.717) is 11.3 Å². The van der Waals surface area contributed by atoms with Gasteiger partial charge >= 0.3 is 0 Å². The van der Waals surface area contributed by atoms with Crippen LogP contribution in [0.3, 0.4) is 0 Å². The molecule has 0 spiro atoms. The fraction of sp³-hybridized carbons (Fsp3) is 0.357. The summed E-state index contributed by atoms with van der Waals surface area (Å²) in [5.74, 6) is 0.479. The second-order valence-electron chi connectivity index (χ2n) is 5.27. The van der Waals surface area contributed by atoms with Gasteiger partial charge in [-0.15, -0.1) is 11.3 Å². The van der Waals surface area contributed by atoms with Crippen LogP contribution in [-0.2, 0) is 11.3 Å². The molecule has 21 heavy (non-hydrogen) atoms. The Morgan fingerprint density at radius 1 is 1.43 bits per heavy atom. The van der Waals surface area contributed by atoms with E-state index in [1.54, 1.807) is 11.3 Å². The molecule has 0 saturated carbocycles. The Morgan fingerprint density at radius 2 is 2.19 bits per heavy atom. The van der Waals surface area contributed by atoms with E-state index >= 15 is 0 Å². The molecule has 0 aliphatic rings. The van der Waals surface area contributed by atoms with Crippen molar-refractivity contribution in [2.24, 2.45) is 0 Å². The molecule has 3 rings (SSSR count). The van der Waals surface area contributed by atoms with Crippen LogP contribution in [-0.4, -0.2) is 26.1 Å². The van der Waals surface area contributed by atoms with Gasteiger partial charge in [-0.2, -0.15) is 5.10 Å². The molecule has 1 amide bonds. The minimum atomic E-state index is -0.247. The number of nitrogens with zero attached hydrogens (tertiary/aromatic N) is 3. The van der Waals surface area contributed by atoms with Crippen molar-refractivity contribution in [2.45, 2.75) is 33.4 Å². The number of rotatable bonds is 3. The van der Waals surface area contributed by atoms with Crippen LogP contribution in [0.4, 0.5) is 0 Å². The topological polar surface area (TPSA) is 68.4 Å². The van der Waals surface area contributed by atoms with Crippen LogP contribution in [0, 0.1) is 6.92 Å². The lowest BCUT2D eigenvalue weighted by Gasteiger charge is -2.10. The summed E-state index contributed by atoms with van der Waals surface area (Å²) in [6.07, 6.45) is 0. The number of amides is 1. The third-order valence-corrected chi connectivity index (χ3v) is 4.06. The summed E-state index contributed by atoms with van der Waals surface area (Å²) in [6.45, 7) is 5.53. The molecule has 0 radical (unpaired) electrons. The average Bonchev–Trinajstić information content (AvgIpc) is 2.94. The molecule has 0 atom stereocenters. The third-order valence-electron chi connectivity index (χ3n) is 3.21. The molecule has 0 aliphatic heterocycles. The van der Waals surface area contributed by atoms with E-state index < -0.39 is 0 Å². The van der Waals surface area contributed by atoms with Gasteiger partial charge in [0.25, 0.3) is 5.56 Å². The summed E-state index contributed by atoms with van der Waals surface area (Å²) in [5, 5.41) is 9.01. The maximum Gasteiger partial charge on any atom is 0.291 e. The fourth-order valence-corrected chi connectivity index (χ4v) is 3.24. The number of carbonyl (C=O) groups is 1. The molecular weight excluding hydrogens is 288 g/mol. The van der Waals surface area contributed by atoms with Crippen molar-refractivity contribution in [1.29, 1.82) is 0 Å². The minimum absolute atomic E-state index is 0.0386. The molecule has 0 aromatic carbocycles. The summed E-state index contributed by atoms with van der Waals surface area (Å²) in [7, 11) is 0. The maximum atomic E-state index is 12.5. The fourth-order valence-electron chi connectivity index (χ4n) is 2.44. The van der Waals surface area contributed by atoms with Gasteiger partial charge in [0.1, 0.15) is 17.9 Å². The highest BCUT2D eigenvalue weighted by molar-refractivity contribution is 7.17. The van der Waals surface area contributed by atoms with Crippen molar-refractivity contribution in [1.82, 2.24) is 19.5 Å². The van der Waals surface area contributed by atoms with Crippen molar-refractivity contribution >= 4 is 33.0 Å². The predicted molar refractivity (Wildman–Crippen MR) is 82.9 cm³/mol. The molecule has 3 aromatic rings. The van der Waals surface area contributed by atoms with E-state index in [0.717, 1.165) is 10.2 Å². The van der Waals surface area contributed by atoms with E-state index in [2.05, 4.69) is 10.4 Å². The van der Waals surface area contributed by atoms with Gasteiger partial charge in [0, 0.05) is 6.04 Å². The van der Waals surface area contributed by atoms with Crippen molar-refractivity contribution < 1.29 is 4.79 Å². The highest BCUT2D eigenvalue weighted by atomic mass is 32.1. The molecule has 3 heterocycles. The minimum Gasteiger partial charge on any atom is -0.352 e. The van der Waals surface area contributed by atoms with Crippen LogP contribution in [0.25, 0.3) is 15.7 Å². The first-order valence-corrected chi connectivity index (χ1v) is 7.61. The number of aryl methyl sites for hydroxylation is 1. The summed E-state index contributed by atoms with van der Waals surface area (Å²) >= 11 is 1.58. The molecule has 0 fully saturated rings. The van der Waals surface area contributed by atoms with Crippen molar-refractivity contribution in [3.8, 4) is 0 Å². The second kappa shape index (κ2) is 5.00. The molecule has 0 aliphatic carbocycles. The van der Waals surface area contributed by atoms with E-state index in [1.165, 1.54) is 4.68 Å². The Bertz CT molecular complexity index is 888. The Labute approximate surface area is 125 Å². The smallest absolute Gasteiger partial charge is 0.291 e. The lowest BCUT2D eigenvalue weighted by atomic mass is 10.4. The molecule has 7 heteroatoms. The highest BCUT2D eigenvalue weighted by Crippen LogP contribution is 2.24. The van der Waals surface area contributed by atoms with Gasteiger partial charge in [-0.05, 0) is 38.3 Å². The number of fused-ring (bicyclic) bond motifs is 3. The summed E-state index contributed by atoms with van der Waals surface area (Å²) in [5.41, 5.74) is 1.29. The van der Waals surface area contributed by atoms with E-state index in [-0.39, 0.29) is 24.1 Å². The molecule has 110 valence electrons. The Kier molecular flexibility index (Phi) is 3.29. The van der Waals surface area contributed by atoms with Gasteiger partial charge in [0.05, 0.1) is 10.2 Å². The Morgan fingerprint density at radius 3 is 2.90 bits per heavy atom. The van der Waals surface area contributed by atoms with Gasteiger partial charge in [-0.3, -0.25) is 14.0 Å². The number of carbonyl (C=O) groups excluding carboxylic acids is 1. The maximum absolute atomic E-state index is 12.5. The van der Waals surface area contributed by atoms with Crippen LogP contribution in [0.1, 0.15) is 19.7 Å². The molecule has 0 unspecified atom stereocenters. The largest absolute Gasteiger partial charge is 0.352 e. The molecule has 0 bridgehead atoms. The molecule has 6 nitrogen and oxygen atoms in total. The van der Waals surface area contributed by atoms with Gasteiger partial charge in [-0.1, -0.05) is 0 Å². The van der Waals surface area contributed by atoms with E-state index in [9.17, 15) is 9.59 Å². The first-order chi connectivity index (χ1) is 9.97. The monoisotopic (exact) mass is 304 g/mol. The predicted octanol–water partition coefficient (Wildman–Crippen LogP) is 1.54. The third kappa shape index (κ3) is 2.33. The highest BCUT2D eigenvalue weighted by Gasteiger charge is 2.14. The molecular formula is C14H16N4O2S. The van der Waals surface area contributed by atoms with Gasteiger partial charge < -0.3 is 5.32 Å².